The van der Waals surface area contributed by atoms with Crippen molar-refractivity contribution < 1.29 is 9.59 Å². The van der Waals surface area contributed by atoms with Gasteiger partial charge in [0, 0.05) is 35.7 Å². The molecular weight excluding hydrogens is 334 g/mol. The summed E-state index contributed by atoms with van der Waals surface area (Å²) in [5.41, 5.74) is 4.78. The van der Waals surface area contributed by atoms with Gasteiger partial charge in [-0.05, 0) is 43.0 Å². The van der Waals surface area contributed by atoms with Crippen LogP contribution in [0.25, 0.3) is 6.08 Å². The summed E-state index contributed by atoms with van der Waals surface area (Å²) < 4.78 is 0. The van der Waals surface area contributed by atoms with Crippen molar-refractivity contribution in [3.05, 3.63) is 83.1 Å². The van der Waals surface area contributed by atoms with E-state index < -0.39 is 0 Å². The van der Waals surface area contributed by atoms with Crippen molar-refractivity contribution in [3.63, 3.8) is 0 Å². The van der Waals surface area contributed by atoms with Gasteiger partial charge in [-0.2, -0.15) is 0 Å². The monoisotopic (exact) mass is 357 g/mol. The van der Waals surface area contributed by atoms with Crippen LogP contribution in [0.5, 0.6) is 0 Å². The standard InChI is InChI=1S/C24H23NO2/c1-17-7-5-10-20(15-17)25-21-11-6-12-22(26)24(21)19(16-23(25)27)14-13-18-8-3-2-4-9-18/h2-5,7-10,13-15,19H,6,11-12,16H2,1H3/b14-13+. The van der Waals surface area contributed by atoms with Gasteiger partial charge < -0.3 is 0 Å². The van der Waals surface area contributed by atoms with Crippen LogP contribution in [0.1, 0.15) is 36.8 Å². The Morgan fingerprint density at radius 3 is 2.59 bits per heavy atom. The van der Waals surface area contributed by atoms with E-state index in [1.807, 2.05) is 73.7 Å². The maximum atomic E-state index is 13.0. The summed E-state index contributed by atoms with van der Waals surface area (Å²) in [6.07, 6.45) is 6.54. The highest BCUT2D eigenvalue weighted by atomic mass is 16.2. The Morgan fingerprint density at radius 2 is 1.81 bits per heavy atom. The molecule has 136 valence electrons. The Kier molecular flexibility index (Phi) is 4.76. The third-order valence-electron chi connectivity index (χ3n) is 5.29. The molecule has 1 heterocycles. The summed E-state index contributed by atoms with van der Waals surface area (Å²) in [7, 11) is 0. The molecule has 0 spiro atoms. The van der Waals surface area contributed by atoms with Gasteiger partial charge in [0.2, 0.25) is 5.91 Å². The number of amides is 1. The van der Waals surface area contributed by atoms with Crippen molar-refractivity contribution in [1.29, 1.82) is 0 Å². The zero-order valence-electron chi connectivity index (χ0n) is 15.5. The number of Topliss-reactive ketones (excluding diaryl/α,β-unsaturated/α-hetero) is 1. The fourth-order valence-electron chi connectivity index (χ4n) is 4.05. The lowest BCUT2D eigenvalue weighted by Crippen LogP contribution is -2.40. The maximum absolute atomic E-state index is 13.0. The number of nitrogens with zero attached hydrogens (tertiary/aromatic N) is 1. The van der Waals surface area contributed by atoms with Gasteiger partial charge in [-0.3, -0.25) is 14.5 Å². The summed E-state index contributed by atoms with van der Waals surface area (Å²) >= 11 is 0. The number of hydrogen-bond donors (Lipinski definition) is 0. The summed E-state index contributed by atoms with van der Waals surface area (Å²) in [6.45, 7) is 2.02. The van der Waals surface area contributed by atoms with Gasteiger partial charge in [-0.25, -0.2) is 0 Å². The van der Waals surface area contributed by atoms with Gasteiger partial charge in [0.15, 0.2) is 5.78 Å². The summed E-state index contributed by atoms with van der Waals surface area (Å²) in [5, 5.41) is 0. The largest absolute Gasteiger partial charge is 0.294 e. The second-order valence-corrected chi connectivity index (χ2v) is 7.29. The van der Waals surface area contributed by atoms with Crippen LogP contribution in [-0.4, -0.2) is 11.7 Å². The number of carbonyl (C=O) groups excluding carboxylic acids is 2. The number of anilines is 1. The lowest BCUT2D eigenvalue weighted by molar-refractivity contribution is -0.120. The van der Waals surface area contributed by atoms with Crippen LogP contribution in [0.2, 0.25) is 0 Å². The van der Waals surface area contributed by atoms with Crippen LogP contribution in [0.15, 0.2) is 71.9 Å². The third-order valence-corrected chi connectivity index (χ3v) is 5.29. The SMILES string of the molecule is Cc1cccc(N2C(=O)CC(/C=C/c3ccccc3)C3=C2CCCC3=O)c1. The molecule has 0 saturated heterocycles. The van der Waals surface area contributed by atoms with E-state index >= 15 is 0 Å². The van der Waals surface area contributed by atoms with Crippen molar-refractivity contribution in [2.75, 3.05) is 4.90 Å². The normalized spacial score (nSPS) is 20.3. The number of benzene rings is 2. The molecule has 3 heteroatoms. The summed E-state index contributed by atoms with van der Waals surface area (Å²) in [6, 6.07) is 18.0. The van der Waals surface area contributed by atoms with Gasteiger partial charge in [0.25, 0.3) is 0 Å². The molecule has 3 nitrogen and oxygen atoms in total. The molecule has 2 aliphatic rings. The molecule has 1 aliphatic heterocycles. The molecule has 0 fully saturated rings. The molecule has 0 N–H and O–H groups in total. The molecule has 1 unspecified atom stereocenters. The minimum absolute atomic E-state index is 0.0664. The third kappa shape index (κ3) is 3.50. The molecule has 0 radical (unpaired) electrons. The molecule has 0 aromatic heterocycles. The zero-order chi connectivity index (χ0) is 18.8. The maximum Gasteiger partial charge on any atom is 0.232 e. The molecule has 1 amide bonds. The van der Waals surface area contributed by atoms with Gasteiger partial charge >= 0.3 is 0 Å². The number of ketones is 1. The average molecular weight is 357 g/mol. The Bertz CT molecular complexity index is 940. The first-order chi connectivity index (χ1) is 13.1. The first-order valence-electron chi connectivity index (χ1n) is 9.52. The van der Waals surface area contributed by atoms with E-state index in [0.717, 1.165) is 40.9 Å². The predicted molar refractivity (Wildman–Crippen MR) is 108 cm³/mol. The number of aryl methyl sites for hydroxylation is 1. The van der Waals surface area contributed by atoms with E-state index in [-0.39, 0.29) is 17.6 Å². The lowest BCUT2D eigenvalue weighted by atomic mass is 9.80. The van der Waals surface area contributed by atoms with E-state index in [0.29, 0.717) is 12.8 Å². The summed E-state index contributed by atoms with van der Waals surface area (Å²) in [5.74, 6) is 0.113. The smallest absolute Gasteiger partial charge is 0.232 e. The number of rotatable bonds is 3. The Morgan fingerprint density at radius 1 is 1.00 bits per heavy atom. The van der Waals surface area contributed by atoms with Crippen LogP contribution in [-0.2, 0) is 9.59 Å². The molecule has 0 bridgehead atoms. The molecule has 2 aromatic carbocycles. The fraction of sp³-hybridized carbons (Fsp3) is 0.250. The van der Waals surface area contributed by atoms with Crippen molar-refractivity contribution in [2.24, 2.45) is 5.92 Å². The van der Waals surface area contributed by atoms with Gasteiger partial charge in [0.1, 0.15) is 0 Å². The number of carbonyl (C=O) groups is 2. The van der Waals surface area contributed by atoms with Gasteiger partial charge in [0.05, 0.1) is 0 Å². The molecular formula is C24H23NO2. The first-order valence-corrected chi connectivity index (χ1v) is 9.52. The zero-order valence-corrected chi connectivity index (χ0v) is 15.5. The van der Waals surface area contributed by atoms with Crippen LogP contribution in [0.3, 0.4) is 0 Å². The van der Waals surface area contributed by atoms with Crippen molar-refractivity contribution in [1.82, 2.24) is 0 Å². The van der Waals surface area contributed by atoms with Crippen LogP contribution < -0.4 is 4.90 Å². The topological polar surface area (TPSA) is 37.4 Å². The van der Waals surface area contributed by atoms with E-state index in [4.69, 9.17) is 0 Å². The molecule has 1 aliphatic carbocycles. The number of hydrogen-bond acceptors (Lipinski definition) is 2. The highest BCUT2D eigenvalue weighted by molar-refractivity contribution is 6.06. The average Bonchev–Trinajstić information content (AvgIpc) is 2.67. The molecule has 27 heavy (non-hydrogen) atoms. The van der Waals surface area contributed by atoms with E-state index in [2.05, 4.69) is 0 Å². The van der Waals surface area contributed by atoms with Crippen LogP contribution in [0, 0.1) is 12.8 Å². The van der Waals surface area contributed by atoms with Crippen molar-refractivity contribution in [2.45, 2.75) is 32.6 Å². The van der Waals surface area contributed by atoms with Gasteiger partial charge in [-0.15, -0.1) is 0 Å². The van der Waals surface area contributed by atoms with Crippen LogP contribution >= 0.6 is 0 Å². The van der Waals surface area contributed by atoms with Crippen molar-refractivity contribution >= 4 is 23.5 Å². The Labute approximate surface area is 160 Å². The highest BCUT2D eigenvalue weighted by Gasteiger charge is 2.37. The Balaban J connectivity index is 1.75. The molecule has 1 atom stereocenters. The van der Waals surface area contributed by atoms with E-state index in [1.54, 1.807) is 4.90 Å². The van der Waals surface area contributed by atoms with Crippen molar-refractivity contribution in [3.8, 4) is 0 Å². The van der Waals surface area contributed by atoms with Crippen LogP contribution in [0.4, 0.5) is 5.69 Å². The van der Waals surface area contributed by atoms with E-state index in [1.165, 1.54) is 0 Å². The second kappa shape index (κ2) is 7.36. The molecule has 0 saturated carbocycles. The quantitative estimate of drug-likeness (QED) is 0.769. The second-order valence-electron chi connectivity index (χ2n) is 7.29. The minimum Gasteiger partial charge on any atom is -0.294 e. The number of allylic oxidation sites excluding steroid dienone is 3. The highest BCUT2D eigenvalue weighted by Crippen LogP contribution is 2.39. The lowest BCUT2D eigenvalue weighted by Gasteiger charge is -2.37. The molecule has 2 aromatic rings. The minimum atomic E-state index is -0.137. The Hall–Kier alpha value is -2.94. The summed E-state index contributed by atoms with van der Waals surface area (Å²) in [4.78, 5) is 27.6. The molecule has 4 rings (SSSR count). The first kappa shape index (κ1) is 17.5. The van der Waals surface area contributed by atoms with Gasteiger partial charge in [-0.1, -0.05) is 54.6 Å². The fourth-order valence-corrected chi connectivity index (χ4v) is 4.05. The predicted octanol–water partition coefficient (Wildman–Crippen LogP) is 5.07. The van der Waals surface area contributed by atoms with E-state index in [9.17, 15) is 9.59 Å².